The van der Waals surface area contributed by atoms with Crippen LogP contribution in [0.1, 0.15) is 32.6 Å². The minimum atomic E-state index is -0.0958. The molecule has 0 radical (unpaired) electrons. The summed E-state index contributed by atoms with van der Waals surface area (Å²) in [6.07, 6.45) is 4.54. The largest absolute Gasteiger partial charge is 0.400 e. The summed E-state index contributed by atoms with van der Waals surface area (Å²) in [5, 5.41) is 7.00. The first kappa shape index (κ1) is 12.5. The van der Waals surface area contributed by atoms with Crippen molar-refractivity contribution in [3.05, 3.63) is 0 Å². The second-order valence-electron chi connectivity index (χ2n) is 2.16. The Morgan fingerprint density at radius 3 is 2.00 bits per heavy atom. The lowest BCUT2D eigenvalue weighted by molar-refractivity contribution is 0.399. The third-order valence-electron chi connectivity index (χ3n) is 1.14. The van der Waals surface area contributed by atoms with Gasteiger partial charge in [-0.25, -0.2) is 0 Å². The van der Waals surface area contributed by atoms with Crippen LogP contribution in [0.3, 0.4) is 0 Å². The predicted molar refractivity (Wildman–Crippen MR) is 44.4 cm³/mol. The molecule has 0 aliphatic rings. The van der Waals surface area contributed by atoms with Crippen LogP contribution in [0.5, 0.6) is 0 Å². The molecule has 0 rings (SSSR count). The monoisotopic (exact) mass is 148 g/mol. The normalized spacial score (nSPS) is 9.00. The molecule has 3 heteroatoms. The van der Waals surface area contributed by atoms with Gasteiger partial charge in [0.15, 0.2) is 0 Å². The van der Waals surface area contributed by atoms with E-state index in [1.54, 1.807) is 0 Å². The van der Waals surface area contributed by atoms with Crippen LogP contribution in [-0.4, -0.2) is 18.4 Å². The Kier molecular flexibility index (Phi) is 14.6. The third-order valence-corrected chi connectivity index (χ3v) is 1.14. The highest BCUT2D eigenvalue weighted by molar-refractivity contribution is 4.49. The number of aliphatic hydroxyl groups is 1. The van der Waals surface area contributed by atoms with Gasteiger partial charge in [0.2, 0.25) is 0 Å². The van der Waals surface area contributed by atoms with Crippen molar-refractivity contribution in [3.8, 4) is 0 Å². The summed E-state index contributed by atoms with van der Waals surface area (Å²) in [5.74, 6) is 0. The van der Waals surface area contributed by atoms with Crippen LogP contribution in [0.15, 0.2) is 0 Å². The molecule has 0 saturated heterocycles. The maximum Gasteiger partial charge on any atom is 0.0520 e. The van der Waals surface area contributed by atoms with Crippen LogP contribution in [0.4, 0.5) is 0 Å². The molecule has 5 N–H and O–H groups in total. The van der Waals surface area contributed by atoms with Crippen LogP contribution < -0.4 is 11.5 Å². The van der Waals surface area contributed by atoms with E-state index in [0.29, 0.717) is 0 Å². The second-order valence-corrected chi connectivity index (χ2v) is 2.16. The van der Waals surface area contributed by atoms with Crippen molar-refractivity contribution < 1.29 is 5.11 Å². The molecule has 0 spiro atoms. The first-order valence-electron chi connectivity index (χ1n) is 3.73. The molecule has 0 aromatic carbocycles. The molecule has 0 aliphatic carbocycles. The molecule has 3 nitrogen and oxygen atoms in total. The van der Waals surface area contributed by atoms with E-state index >= 15 is 0 Å². The molecule has 0 aromatic heterocycles. The first-order valence-corrected chi connectivity index (χ1v) is 3.73. The van der Waals surface area contributed by atoms with Gasteiger partial charge in [0.05, 0.1) is 6.17 Å². The van der Waals surface area contributed by atoms with E-state index in [0.717, 1.165) is 13.5 Å². The summed E-state index contributed by atoms with van der Waals surface area (Å²) in [6.45, 7) is 2.17. The van der Waals surface area contributed by atoms with Crippen LogP contribution in [0.25, 0.3) is 0 Å². The van der Waals surface area contributed by atoms with Gasteiger partial charge in [-0.05, 0) is 6.42 Å². The summed E-state index contributed by atoms with van der Waals surface area (Å²) < 4.78 is 0. The molecule has 0 amide bonds. The molecular formula is C7H20N2O. The quantitative estimate of drug-likeness (QED) is 0.399. The molecule has 64 valence electrons. The Morgan fingerprint density at radius 1 is 1.20 bits per heavy atom. The van der Waals surface area contributed by atoms with E-state index in [1.807, 2.05) is 0 Å². The van der Waals surface area contributed by atoms with Crippen molar-refractivity contribution in [1.82, 2.24) is 0 Å². The van der Waals surface area contributed by atoms with Gasteiger partial charge >= 0.3 is 0 Å². The summed E-state index contributed by atoms with van der Waals surface area (Å²) in [5.41, 5.74) is 10.6. The Hall–Kier alpha value is -0.120. The highest BCUT2D eigenvalue weighted by Crippen LogP contribution is 1.97. The van der Waals surface area contributed by atoms with Crippen LogP contribution in [-0.2, 0) is 0 Å². The Bertz CT molecular complexity index is 48.9. The average molecular weight is 148 g/mol. The van der Waals surface area contributed by atoms with Crippen LogP contribution >= 0.6 is 0 Å². The van der Waals surface area contributed by atoms with E-state index in [9.17, 15) is 0 Å². The molecule has 0 unspecified atom stereocenters. The minimum absolute atomic E-state index is 0.0958. The van der Waals surface area contributed by atoms with E-state index in [-0.39, 0.29) is 6.17 Å². The number of hydrogen-bond acceptors (Lipinski definition) is 3. The number of unbranched alkanes of at least 4 members (excludes halogenated alkanes) is 2. The zero-order valence-electron chi connectivity index (χ0n) is 7.01. The second kappa shape index (κ2) is 11.6. The van der Waals surface area contributed by atoms with Gasteiger partial charge in [0, 0.05) is 7.11 Å². The van der Waals surface area contributed by atoms with Crippen molar-refractivity contribution in [2.75, 3.05) is 7.11 Å². The van der Waals surface area contributed by atoms with Gasteiger partial charge in [-0.2, -0.15) is 0 Å². The molecular weight excluding hydrogens is 128 g/mol. The number of rotatable bonds is 4. The van der Waals surface area contributed by atoms with E-state index < -0.39 is 0 Å². The van der Waals surface area contributed by atoms with E-state index in [4.69, 9.17) is 16.6 Å². The van der Waals surface area contributed by atoms with Gasteiger partial charge in [-0.3, -0.25) is 0 Å². The van der Waals surface area contributed by atoms with Crippen LogP contribution in [0, 0.1) is 0 Å². The smallest absolute Gasteiger partial charge is 0.0520 e. The molecule has 0 heterocycles. The van der Waals surface area contributed by atoms with Gasteiger partial charge in [0.25, 0.3) is 0 Å². The summed E-state index contributed by atoms with van der Waals surface area (Å²) >= 11 is 0. The van der Waals surface area contributed by atoms with E-state index in [2.05, 4.69) is 6.92 Å². The predicted octanol–water partition coefficient (Wildman–Crippen LogP) is 0.419. The lowest BCUT2D eigenvalue weighted by atomic mass is 10.2. The highest BCUT2D eigenvalue weighted by atomic mass is 16.2. The highest BCUT2D eigenvalue weighted by Gasteiger charge is 1.90. The number of hydrogen-bond donors (Lipinski definition) is 3. The summed E-state index contributed by atoms with van der Waals surface area (Å²) in [4.78, 5) is 0. The maximum absolute atomic E-state index is 7.00. The fraction of sp³-hybridized carbons (Fsp3) is 1.00. The first-order chi connectivity index (χ1) is 4.77. The van der Waals surface area contributed by atoms with Gasteiger partial charge in [0.1, 0.15) is 0 Å². The Balaban J connectivity index is 0. The fourth-order valence-corrected chi connectivity index (χ4v) is 0.630. The van der Waals surface area contributed by atoms with Crippen molar-refractivity contribution in [2.24, 2.45) is 11.5 Å². The molecule has 0 fully saturated rings. The standard InChI is InChI=1S/C6H16N2.CH4O/c1-2-3-4-5-6(7)8;1-2/h6H,2-5,7-8H2,1H3;2H,1H3. The molecule has 0 bridgehead atoms. The molecule has 0 saturated carbocycles. The summed E-state index contributed by atoms with van der Waals surface area (Å²) in [6, 6.07) is 0. The van der Waals surface area contributed by atoms with Crippen molar-refractivity contribution in [1.29, 1.82) is 0 Å². The van der Waals surface area contributed by atoms with Crippen LogP contribution in [0.2, 0.25) is 0 Å². The Labute approximate surface area is 63.4 Å². The van der Waals surface area contributed by atoms with Crippen molar-refractivity contribution in [2.45, 2.75) is 38.8 Å². The molecule has 0 atom stereocenters. The topological polar surface area (TPSA) is 72.3 Å². The molecule has 10 heavy (non-hydrogen) atoms. The zero-order valence-corrected chi connectivity index (χ0v) is 7.01. The third kappa shape index (κ3) is 15.7. The van der Waals surface area contributed by atoms with Gasteiger partial charge in [-0.15, -0.1) is 0 Å². The fourth-order valence-electron chi connectivity index (χ4n) is 0.630. The Morgan fingerprint density at radius 2 is 1.70 bits per heavy atom. The maximum atomic E-state index is 7.00. The van der Waals surface area contributed by atoms with Crippen molar-refractivity contribution in [3.63, 3.8) is 0 Å². The molecule has 0 aliphatic heterocycles. The van der Waals surface area contributed by atoms with E-state index in [1.165, 1.54) is 19.3 Å². The zero-order chi connectivity index (χ0) is 8.41. The minimum Gasteiger partial charge on any atom is -0.400 e. The molecule has 0 aromatic rings. The van der Waals surface area contributed by atoms with Gasteiger partial charge in [-0.1, -0.05) is 26.2 Å². The SMILES string of the molecule is CCCCCC(N)N.CO. The average Bonchev–Trinajstić information content (AvgIpc) is 1.92. The summed E-state index contributed by atoms with van der Waals surface area (Å²) in [7, 11) is 1.00. The number of aliphatic hydroxyl groups excluding tert-OH is 1. The lowest BCUT2D eigenvalue weighted by Crippen LogP contribution is -2.29. The number of nitrogens with two attached hydrogens (primary N) is 2. The van der Waals surface area contributed by atoms with Crippen molar-refractivity contribution >= 4 is 0 Å². The van der Waals surface area contributed by atoms with Gasteiger partial charge < -0.3 is 16.6 Å². The lowest BCUT2D eigenvalue weighted by Gasteiger charge is -2.01.